The maximum absolute atomic E-state index is 12.7. The lowest BCUT2D eigenvalue weighted by molar-refractivity contribution is 0.0951. The largest absolute Gasteiger partial charge is 0.451 e. The normalized spacial score (nSPS) is 13.7. The van der Waals surface area contributed by atoms with Gasteiger partial charge in [-0.05, 0) is 54.7 Å². The van der Waals surface area contributed by atoms with Gasteiger partial charge in [-0.2, -0.15) is 0 Å². The van der Waals surface area contributed by atoms with Gasteiger partial charge in [0.2, 0.25) is 0 Å². The predicted molar refractivity (Wildman–Crippen MR) is 132 cm³/mol. The highest BCUT2D eigenvalue weighted by Gasteiger charge is 2.19. The van der Waals surface area contributed by atoms with Crippen LogP contribution in [0.25, 0.3) is 11.3 Å². The number of hydrogen-bond donors (Lipinski definition) is 2. The van der Waals surface area contributed by atoms with Gasteiger partial charge in [0, 0.05) is 23.7 Å². The fourth-order valence-electron chi connectivity index (χ4n) is 3.31. The van der Waals surface area contributed by atoms with Gasteiger partial charge in [-0.25, -0.2) is 0 Å². The molecule has 1 amide bonds. The molecule has 4 rings (SSSR count). The van der Waals surface area contributed by atoms with Crippen molar-refractivity contribution in [3.05, 3.63) is 69.4 Å². The Bertz CT molecular complexity index is 1160. The van der Waals surface area contributed by atoms with Gasteiger partial charge < -0.3 is 19.4 Å². The highest BCUT2D eigenvalue weighted by Crippen LogP contribution is 2.34. The van der Waals surface area contributed by atoms with Crippen LogP contribution in [0.5, 0.6) is 0 Å². The van der Waals surface area contributed by atoms with Gasteiger partial charge in [-0.15, -0.1) is 0 Å². The third-order valence-corrected chi connectivity index (χ3v) is 6.09. The second kappa shape index (κ2) is 10.1. The van der Waals surface area contributed by atoms with Gasteiger partial charge in [0.15, 0.2) is 10.9 Å². The molecule has 1 fully saturated rings. The van der Waals surface area contributed by atoms with E-state index in [1.54, 1.807) is 36.4 Å². The van der Waals surface area contributed by atoms with Crippen molar-refractivity contribution in [3.63, 3.8) is 0 Å². The average molecular weight is 511 g/mol. The summed E-state index contributed by atoms with van der Waals surface area (Å²) in [5, 5.41) is 7.10. The van der Waals surface area contributed by atoms with E-state index in [4.69, 9.17) is 56.2 Å². The number of halogens is 3. The Morgan fingerprint density at radius 2 is 1.81 bits per heavy atom. The minimum Gasteiger partial charge on any atom is -0.451 e. The van der Waals surface area contributed by atoms with E-state index in [2.05, 4.69) is 15.5 Å². The molecule has 0 unspecified atom stereocenters. The van der Waals surface area contributed by atoms with E-state index in [-0.39, 0.29) is 10.9 Å². The Balaban J connectivity index is 1.46. The lowest BCUT2D eigenvalue weighted by Crippen LogP contribution is -2.38. The molecule has 10 heteroatoms. The van der Waals surface area contributed by atoms with Crippen molar-refractivity contribution in [2.75, 3.05) is 36.5 Å². The van der Waals surface area contributed by atoms with Crippen LogP contribution in [0.15, 0.2) is 52.9 Å². The molecule has 32 heavy (non-hydrogen) atoms. The molecule has 1 aliphatic rings. The number of amides is 1. The van der Waals surface area contributed by atoms with Gasteiger partial charge in [-0.3, -0.25) is 10.1 Å². The molecule has 1 aliphatic heterocycles. The monoisotopic (exact) mass is 509 g/mol. The Labute approximate surface area is 205 Å². The number of anilines is 2. The number of benzene rings is 2. The number of carbonyl (C=O) groups excluding carboxylic acids is 1. The minimum absolute atomic E-state index is 0.0830. The summed E-state index contributed by atoms with van der Waals surface area (Å²) in [7, 11) is 0. The number of ether oxygens (including phenoxy) is 1. The van der Waals surface area contributed by atoms with Crippen molar-refractivity contribution < 1.29 is 13.9 Å². The Hall–Kier alpha value is -2.29. The van der Waals surface area contributed by atoms with Crippen molar-refractivity contribution in [1.82, 2.24) is 5.32 Å². The van der Waals surface area contributed by atoms with E-state index in [0.717, 1.165) is 18.8 Å². The summed E-state index contributed by atoms with van der Waals surface area (Å²) >= 11 is 23.8. The zero-order valence-corrected chi connectivity index (χ0v) is 19.7. The average Bonchev–Trinajstić information content (AvgIpc) is 3.26. The minimum atomic E-state index is -0.498. The molecule has 0 radical (unpaired) electrons. The molecule has 0 saturated carbocycles. The molecule has 0 atom stereocenters. The number of nitrogens with zero attached hydrogens (tertiary/aromatic N) is 1. The van der Waals surface area contributed by atoms with Crippen LogP contribution >= 0.6 is 47.0 Å². The number of hydrogen-bond acceptors (Lipinski definition) is 5. The lowest BCUT2D eigenvalue weighted by Gasteiger charge is -2.30. The zero-order valence-electron chi connectivity index (χ0n) is 16.7. The summed E-state index contributed by atoms with van der Waals surface area (Å²) < 4.78 is 11.1. The number of morpholine rings is 1. The van der Waals surface area contributed by atoms with Crippen LogP contribution in [0.4, 0.5) is 11.4 Å². The van der Waals surface area contributed by atoms with E-state index in [1.807, 2.05) is 12.1 Å². The van der Waals surface area contributed by atoms with Crippen molar-refractivity contribution in [2.24, 2.45) is 0 Å². The summed E-state index contributed by atoms with van der Waals surface area (Å²) in [5.74, 6) is 0.00696. The van der Waals surface area contributed by atoms with Gasteiger partial charge in [0.1, 0.15) is 5.76 Å². The number of rotatable bonds is 4. The fraction of sp³-hybridized carbons (Fsp3) is 0.182. The first-order valence-corrected chi connectivity index (χ1v) is 11.3. The van der Waals surface area contributed by atoms with Crippen molar-refractivity contribution in [1.29, 1.82) is 0 Å². The third kappa shape index (κ3) is 5.19. The second-order valence-electron chi connectivity index (χ2n) is 6.93. The molecule has 2 aromatic carbocycles. The Kier molecular flexibility index (Phi) is 7.23. The van der Waals surface area contributed by atoms with Gasteiger partial charge in [0.25, 0.3) is 5.91 Å². The van der Waals surface area contributed by atoms with Crippen LogP contribution in [0.3, 0.4) is 0 Å². The van der Waals surface area contributed by atoms with Crippen LogP contribution in [-0.2, 0) is 4.74 Å². The van der Waals surface area contributed by atoms with Crippen LogP contribution < -0.4 is 15.5 Å². The number of nitrogens with one attached hydrogen (secondary N) is 2. The van der Waals surface area contributed by atoms with E-state index < -0.39 is 5.91 Å². The summed E-state index contributed by atoms with van der Waals surface area (Å²) in [6.45, 7) is 2.77. The quantitative estimate of drug-likeness (QED) is 0.428. The van der Waals surface area contributed by atoms with E-state index >= 15 is 0 Å². The zero-order chi connectivity index (χ0) is 22.7. The SMILES string of the molecule is O=C(NC(=S)Nc1cc(Cl)ccc1N1CCOCC1)c1ccc(-c2cccc(Cl)c2Cl)o1. The van der Waals surface area contributed by atoms with Gasteiger partial charge in [0.05, 0.1) is 34.6 Å². The molecular formula is C22H18Cl3N3O3S. The summed E-state index contributed by atoms with van der Waals surface area (Å²) in [4.78, 5) is 14.8. The molecule has 3 aromatic rings. The molecule has 0 bridgehead atoms. The standard InChI is InChI=1S/C22H18Cl3N3O3S/c23-13-4-5-17(28-8-10-30-11-9-28)16(12-13)26-22(32)27-21(29)19-7-6-18(31-19)14-2-1-3-15(24)20(14)25/h1-7,12H,8-11H2,(H2,26,27,29,32). The van der Waals surface area contributed by atoms with Crippen LogP contribution in [0.2, 0.25) is 15.1 Å². The van der Waals surface area contributed by atoms with Crippen molar-refractivity contribution in [2.45, 2.75) is 0 Å². The van der Waals surface area contributed by atoms with Crippen molar-refractivity contribution in [3.8, 4) is 11.3 Å². The van der Waals surface area contributed by atoms with Crippen LogP contribution in [0.1, 0.15) is 10.6 Å². The predicted octanol–water partition coefficient (Wildman–Crippen LogP) is 5.87. The van der Waals surface area contributed by atoms with Gasteiger partial charge >= 0.3 is 0 Å². The molecule has 6 nitrogen and oxygen atoms in total. The number of thiocarbonyl (C=S) groups is 1. The van der Waals surface area contributed by atoms with E-state index in [0.29, 0.717) is 45.3 Å². The molecule has 0 spiro atoms. The maximum Gasteiger partial charge on any atom is 0.293 e. The highest BCUT2D eigenvalue weighted by molar-refractivity contribution is 7.80. The van der Waals surface area contributed by atoms with E-state index in [1.165, 1.54) is 0 Å². The summed E-state index contributed by atoms with van der Waals surface area (Å²) in [5.41, 5.74) is 2.20. The Morgan fingerprint density at radius 3 is 2.59 bits per heavy atom. The number of carbonyl (C=O) groups is 1. The first-order chi connectivity index (χ1) is 15.4. The van der Waals surface area contributed by atoms with E-state index in [9.17, 15) is 4.79 Å². The fourth-order valence-corrected chi connectivity index (χ4v) is 4.07. The molecule has 0 aliphatic carbocycles. The third-order valence-electron chi connectivity index (χ3n) is 4.83. The molecule has 1 aromatic heterocycles. The second-order valence-corrected chi connectivity index (χ2v) is 8.56. The van der Waals surface area contributed by atoms with Crippen LogP contribution in [-0.4, -0.2) is 37.3 Å². The molecule has 166 valence electrons. The molecule has 2 N–H and O–H groups in total. The van der Waals surface area contributed by atoms with Gasteiger partial charge in [-0.1, -0.05) is 40.9 Å². The smallest absolute Gasteiger partial charge is 0.293 e. The van der Waals surface area contributed by atoms with Crippen molar-refractivity contribution >= 4 is 69.4 Å². The topological polar surface area (TPSA) is 66.7 Å². The lowest BCUT2D eigenvalue weighted by atomic mass is 10.2. The van der Waals surface area contributed by atoms with Crippen LogP contribution in [0, 0.1) is 0 Å². The molecule has 1 saturated heterocycles. The summed E-state index contributed by atoms with van der Waals surface area (Å²) in [6, 6.07) is 13.9. The Morgan fingerprint density at radius 1 is 1.03 bits per heavy atom. The first-order valence-electron chi connectivity index (χ1n) is 9.71. The molecule has 2 heterocycles. The molecular weight excluding hydrogens is 493 g/mol. The number of furan rings is 1. The maximum atomic E-state index is 12.7. The first kappa shape index (κ1) is 22.9. The summed E-state index contributed by atoms with van der Waals surface area (Å²) in [6.07, 6.45) is 0. The highest BCUT2D eigenvalue weighted by atomic mass is 35.5.